The zero-order valence-corrected chi connectivity index (χ0v) is 9.37. The number of benzene rings is 1. The fourth-order valence-electron chi connectivity index (χ4n) is 2.01. The maximum Gasteiger partial charge on any atom is 0.391 e. The maximum atomic E-state index is 12.5. The summed E-state index contributed by atoms with van der Waals surface area (Å²) in [6, 6.07) is 9.49. The van der Waals surface area contributed by atoms with Gasteiger partial charge >= 0.3 is 6.18 Å². The minimum Gasteiger partial charge on any atom is -0.319 e. The second-order valence-electron chi connectivity index (χ2n) is 4.28. The Morgan fingerprint density at radius 2 is 1.65 bits per heavy atom. The monoisotopic (exact) mass is 244 g/mol. The number of anilines is 1. The first-order valence-corrected chi connectivity index (χ1v) is 5.69. The molecule has 1 aromatic rings. The van der Waals surface area contributed by atoms with Crippen LogP contribution in [0, 0.1) is 5.92 Å². The first-order valence-electron chi connectivity index (χ1n) is 5.69. The van der Waals surface area contributed by atoms with E-state index in [0.29, 0.717) is 13.1 Å². The Hall–Kier alpha value is -1.23. The molecule has 1 aromatic carbocycles. The van der Waals surface area contributed by atoms with Crippen LogP contribution < -0.4 is 5.43 Å². The minimum atomic E-state index is -4.04. The van der Waals surface area contributed by atoms with Gasteiger partial charge in [0.2, 0.25) is 0 Å². The predicted octanol–water partition coefficient (Wildman–Crippen LogP) is 3.29. The van der Waals surface area contributed by atoms with Gasteiger partial charge in [-0.2, -0.15) is 13.2 Å². The lowest BCUT2D eigenvalue weighted by Crippen LogP contribution is -2.41. The number of hydrazine groups is 1. The van der Waals surface area contributed by atoms with E-state index in [1.54, 1.807) is 0 Å². The van der Waals surface area contributed by atoms with Crippen LogP contribution >= 0.6 is 0 Å². The molecular formula is C12H15F3N2. The molecule has 0 saturated carbocycles. The fourth-order valence-corrected chi connectivity index (χ4v) is 2.01. The number of halogens is 3. The van der Waals surface area contributed by atoms with Crippen molar-refractivity contribution in [1.29, 1.82) is 0 Å². The molecule has 0 unspecified atom stereocenters. The largest absolute Gasteiger partial charge is 0.391 e. The van der Waals surface area contributed by atoms with Gasteiger partial charge in [0.25, 0.3) is 0 Å². The molecule has 1 aliphatic rings. The topological polar surface area (TPSA) is 15.3 Å². The van der Waals surface area contributed by atoms with Crippen LogP contribution in [-0.2, 0) is 0 Å². The van der Waals surface area contributed by atoms with E-state index in [1.807, 2.05) is 35.3 Å². The van der Waals surface area contributed by atoms with Crippen molar-refractivity contribution in [2.75, 3.05) is 18.5 Å². The Balaban J connectivity index is 1.84. The van der Waals surface area contributed by atoms with Crippen molar-refractivity contribution < 1.29 is 13.2 Å². The van der Waals surface area contributed by atoms with Gasteiger partial charge in [-0.1, -0.05) is 18.2 Å². The van der Waals surface area contributed by atoms with E-state index < -0.39 is 12.1 Å². The van der Waals surface area contributed by atoms with Crippen LogP contribution in [0.2, 0.25) is 0 Å². The summed E-state index contributed by atoms with van der Waals surface area (Å²) in [5.74, 6) is -1.14. The molecule has 5 heteroatoms. The van der Waals surface area contributed by atoms with Crippen molar-refractivity contribution in [3.8, 4) is 0 Å². The third kappa shape index (κ3) is 3.36. The molecule has 1 saturated heterocycles. The molecule has 0 radical (unpaired) electrons. The summed E-state index contributed by atoms with van der Waals surface area (Å²) < 4.78 is 37.4. The average Bonchev–Trinajstić information content (AvgIpc) is 2.30. The lowest BCUT2D eigenvalue weighted by atomic mass is 9.97. The molecular weight excluding hydrogens is 229 g/mol. The van der Waals surface area contributed by atoms with Gasteiger partial charge in [-0.25, -0.2) is 5.01 Å². The smallest absolute Gasteiger partial charge is 0.319 e. The van der Waals surface area contributed by atoms with Crippen LogP contribution in [0.15, 0.2) is 30.3 Å². The predicted molar refractivity (Wildman–Crippen MR) is 60.4 cm³/mol. The van der Waals surface area contributed by atoms with E-state index in [1.165, 1.54) is 0 Å². The summed E-state index contributed by atoms with van der Waals surface area (Å²) in [7, 11) is 0. The van der Waals surface area contributed by atoms with Crippen LogP contribution in [0.3, 0.4) is 0 Å². The fraction of sp³-hybridized carbons (Fsp3) is 0.500. The van der Waals surface area contributed by atoms with Crippen molar-refractivity contribution >= 4 is 5.69 Å². The molecule has 1 fully saturated rings. The van der Waals surface area contributed by atoms with Crippen molar-refractivity contribution in [3.63, 3.8) is 0 Å². The van der Waals surface area contributed by atoms with Crippen molar-refractivity contribution in [2.24, 2.45) is 5.92 Å². The third-order valence-electron chi connectivity index (χ3n) is 3.02. The number of nitrogens with one attached hydrogen (secondary N) is 1. The highest BCUT2D eigenvalue weighted by Crippen LogP contribution is 2.34. The van der Waals surface area contributed by atoms with Gasteiger partial charge in [-0.05, 0) is 25.0 Å². The molecule has 0 amide bonds. The molecule has 94 valence electrons. The van der Waals surface area contributed by atoms with Crippen molar-refractivity contribution in [2.45, 2.75) is 19.0 Å². The second-order valence-corrected chi connectivity index (χ2v) is 4.28. The van der Waals surface area contributed by atoms with Crippen LogP contribution in [0.25, 0.3) is 0 Å². The summed E-state index contributed by atoms with van der Waals surface area (Å²) in [5.41, 5.74) is 4.03. The number of hydrogen-bond donors (Lipinski definition) is 1. The van der Waals surface area contributed by atoms with E-state index in [0.717, 1.165) is 5.69 Å². The zero-order valence-electron chi connectivity index (χ0n) is 9.37. The summed E-state index contributed by atoms with van der Waals surface area (Å²) in [6.07, 6.45) is -3.70. The third-order valence-corrected chi connectivity index (χ3v) is 3.02. The van der Waals surface area contributed by atoms with E-state index in [9.17, 15) is 13.2 Å². The van der Waals surface area contributed by atoms with Crippen molar-refractivity contribution in [1.82, 2.24) is 5.01 Å². The Bertz CT molecular complexity index is 343. The lowest BCUT2D eigenvalue weighted by molar-refractivity contribution is -0.184. The Labute approximate surface area is 98.4 Å². The molecule has 0 bridgehead atoms. The van der Waals surface area contributed by atoms with Gasteiger partial charge in [0.15, 0.2) is 0 Å². The van der Waals surface area contributed by atoms with Gasteiger partial charge in [0, 0.05) is 18.8 Å². The Kier molecular flexibility index (Phi) is 3.57. The Morgan fingerprint density at radius 3 is 2.18 bits per heavy atom. The maximum absolute atomic E-state index is 12.5. The highest BCUT2D eigenvalue weighted by atomic mass is 19.4. The molecule has 1 N–H and O–H groups in total. The summed E-state index contributed by atoms with van der Waals surface area (Å²) >= 11 is 0. The van der Waals surface area contributed by atoms with Gasteiger partial charge in [0.1, 0.15) is 0 Å². The molecule has 2 nitrogen and oxygen atoms in total. The highest BCUT2D eigenvalue weighted by Gasteiger charge is 2.41. The Morgan fingerprint density at radius 1 is 1.06 bits per heavy atom. The molecule has 1 aliphatic heterocycles. The van der Waals surface area contributed by atoms with E-state index in [-0.39, 0.29) is 12.8 Å². The van der Waals surface area contributed by atoms with Gasteiger partial charge in [-0.3, -0.25) is 0 Å². The van der Waals surface area contributed by atoms with E-state index >= 15 is 0 Å². The van der Waals surface area contributed by atoms with Crippen LogP contribution in [-0.4, -0.2) is 24.3 Å². The summed E-state index contributed by atoms with van der Waals surface area (Å²) in [4.78, 5) is 0. The first-order chi connectivity index (χ1) is 8.05. The lowest BCUT2D eigenvalue weighted by Gasteiger charge is -2.33. The van der Waals surface area contributed by atoms with Gasteiger partial charge in [-0.15, -0.1) is 0 Å². The van der Waals surface area contributed by atoms with Crippen LogP contribution in [0.5, 0.6) is 0 Å². The molecule has 0 aromatic heterocycles. The number of para-hydroxylation sites is 1. The number of rotatable bonds is 2. The number of nitrogens with zero attached hydrogens (tertiary/aromatic N) is 1. The van der Waals surface area contributed by atoms with Crippen LogP contribution in [0.4, 0.5) is 18.9 Å². The summed E-state index contributed by atoms with van der Waals surface area (Å²) in [5, 5.41) is 1.84. The number of hydrogen-bond acceptors (Lipinski definition) is 2. The number of piperidine rings is 1. The van der Waals surface area contributed by atoms with Crippen LogP contribution in [0.1, 0.15) is 12.8 Å². The van der Waals surface area contributed by atoms with E-state index in [2.05, 4.69) is 5.43 Å². The van der Waals surface area contributed by atoms with Gasteiger partial charge < -0.3 is 5.43 Å². The number of alkyl halides is 3. The highest BCUT2D eigenvalue weighted by molar-refractivity contribution is 5.41. The normalized spacial score (nSPS) is 19.2. The molecule has 2 rings (SSSR count). The van der Waals surface area contributed by atoms with Crippen molar-refractivity contribution in [3.05, 3.63) is 30.3 Å². The minimum absolute atomic E-state index is 0.170. The standard InChI is InChI=1S/C12H15F3N2/c13-12(14,15)10-6-8-17(9-7-10)16-11-4-2-1-3-5-11/h1-5,10,16H,6-9H2. The first kappa shape index (κ1) is 12.2. The quantitative estimate of drug-likeness (QED) is 0.858. The summed E-state index contributed by atoms with van der Waals surface area (Å²) in [6.45, 7) is 0.859. The molecule has 0 aliphatic carbocycles. The van der Waals surface area contributed by atoms with E-state index in [4.69, 9.17) is 0 Å². The molecule has 17 heavy (non-hydrogen) atoms. The van der Waals surface area contributed by atoms with Gasteiger partial charge in [0.05, 0.1) is 5.92 Å². The average molecular weight is 244 g/mol. The SMILES string of the molecule is FC(F)(F)C1CCN(Nc2ccccc2)CC1. The molecule has 0 spiro atoms. The molecule has 1 heterocycles. The molecule has 0 atom stereocenters. The second kappa shape index (κ2) is 4.96. The zero-order chi connectivity index (χ0) is 12.3.